The molecule has 0 atom stereocenters. The van der Waals surface area contributed by atoms with Crippen LogP contribution in [-0.2, 0) is 0 Å². The minimum atomic E-state index is -0.0422. The van der Waals surface area contributed by atoms with E-state index in [1.165, 1.54) is 6.20 Å². The molecule has 0 saturated heterocycles. The smallest absolute Gasteiger partial charge is 0.292 e. The molecule has 0 saturated carbocycles. The minimum Gasteiger partial charge on any atom is -0.351 e. The van der Waals surface area contributed by atoms with Gasteiger partial charge >= 0.3 is 0 Å². The summed E-state index contributed by atoms with van der Waals surface area (Å²) in [5.41, 5.74) is 0. The van der Waals surface area contributed by atoms with Gasteiger partial charge in [-0.2, -0.15) is 0 Å². The number of nitrogens with zero attached hydrogens (tertiary/aromatic N) is 2. The van der Waals surface area contributed by atoms with Gasteiger partial charge < -0.3 is 9.42 Å². The van der Waals surface area contributed by atoms with Crippen molar-refractivity contribution in [2.75, 3.05) is 13.1 Å². The molecule has 1 heterocycles. The van der Waals surface area contributed by atoms with Gasteiger partial charge in [0.05, 0.1) is 6.20 Å². The normalized spacial score (nSPS) is 10.4. The molecule has 0 aliphatic carbocycles. The maximum atomic E-state index is 12.0. The van der Waals surface area contributed by atoms with E-state index in [-0.39, 0.29) is 5.91 Å². The summed E-state index contributed by atoms with van der Waals surface area (Å²) in [6, 6.07) is 1.62. The van der Waals surface area contributed by atoms with Gasteiger partial charge in [0.15, 0.2) is 0 Å². The average Bonchev–Trinajstić information content (AvgIpc) is 2.82. The molecule has 4 nitrogen and oxygen atoms in total. The summed E-state index contributed by atoms with van der Waals surface area (Å²) < 4.78 is 4.89. The highest BCUT2D eigenvalue weighted by Crippen LogP contribution is 2.07. The molecule has 0 N–H and O–H groups in total. The third kappa shape index (κ3) is 3.68. The SMILES string of the molecule is CCCCN(CCCC)C(=O)c1ccno1. The molecule has 1 amide bonds. The molecule has 1 aromatic rings. The summed E-state index contributed by atoms with van der Waals surface area (Å²) in [4.78, 5) is 13.9. The van der Waals surface area contributed by atoms with E-state index in [1.807, 2.05) is 4.90 Å². The van der Waals surface area contributed by atoms with Crippen molar-refractivity contribution in [2.24, 2.45) is 0 Å². The number of amides is 1. The topological polar surface area (TPSA) is 46.3 Å². The van der Waals surface area contributed by atoms with Crippen molar-refractivity contribution in [3.05, 3.63) is 18.0 Å². The second kappa shape index (κ2) is 7.04. The fraction of sp³-hybridized carbons (Fsp3) is 0.667. The summed E-state index contributed by atoms with van der Waals surface area (Å²) in [5.74, 6) is 0.298. The molecule has 0 aliphatic heterocycles. The van der Waals surface area contributed by atoms with Crippen molar-refractivity contribution in [3.8, 4) is 0 Å². The second-order valence-electron chi connectivity index (χ2n) is 3.88. The summed E-state index contributed by atoms with van der Waals surface area (Å²) in [6.07, 6.45) is 5.75. The fourth-order valence-electron chi connectivity index (χ4n) is 1.49. The lowest BCUT2D eigenvalue weighted by atomic mass is 10.2. The van der Waals surface area contributed by atoms with E-state index in [2.05, 4.69) is 19.0 Å². The molecule has 0 radical (unpaired) electrons. The quantitative estimate of drug-likeness (QED) is 0.715. The summed E-state index contributed by atoms with van der Waals surface area (Å²) in [6.45, 7) is 5.85. The Labute approximate surface area is 96.6 Å². The van der Waals surface area contributed by atoms with Crippen LogP contribution in [0.3, 0.4) is 0 Å². The molecule has 0 unspecified atom stereocenters. The van der Waals surface area contributed by atoms with Crippen LogP contribution in [0.25, 0.3) is 0 Å². The van der Waals surface area contributed by atoms with E-state index in [4.69, 9.17) is 4.52 Å². The fourth-order valence-corrected chi connectivity index (χ4v) is 1.49. The number of rotatable bonds is 7. The monoisotopic (exact) mass is 224 g/mol. The first-order chi connectivity index (χ1) is 7.79. The van der Waals surface area contributed by atoms with Gasteiger partial charge in [0, 0.05) is 19.2 Å². The minimum absolute atomic E-state index is 0.0422. The van der Waals surface area contributed by atoms with Gasteiger partial charge in [0.2, 0.25) is 5.76 Å². The van der Waals surface area contributed by atoms with Gasteiger partial charge in [-0.25, -0.2) is 0 Å². The van der Waals surface area contributed by atoms with E-state index < -0.39 is 0 Å². The Bertz CT molecular complexity index is 288. The van der Waals surface area contributed by atoms with E-state index >= 15 is 0 Å². The number of carbonyl (C=O) groups is 1. The number of hydrogen-bond acceptors (Lipinski definition) is 3. The summed E-state index contributed by atoms with van der Waals surface area (Å²) in [7, 11) is 0. The van der Waals surface area contributed by atoms with Crippen LogP contribution in [-0.4, -0.2) is 29.1 Å². The molecule has 90 valence electrons. The molecule has 1 aromatic heterocycles. The lowest BCUT2D eigenvalue weighted by Crippen LogP contribution is -2.32. The van der Waals surface area contributed by atoms with Crippen LogP contribution in [0.4, 0.5) is 0 Å². The number of carbonyl (C=O) groups excluding carboxylic acids is 1. The predicted molar refractivity (Wildman–Crippen MR) is 62.2 cm³/mol. The van der Waals surface area contributed by atoms with Gasteiger partial charge in [0.1, 0.15) is 0 Å². The van der Waals surface area contributed by atoms with Crippen molar-refractivity contribution in [1.82, 2.24) is 10.1 Å². The molecule has 0 spiro atoms. The number of aromatic nitrogens is 1. The standard InChI is InChI=1S/C12H20N2O2/c1-3-5-9-14(10-6-4-2)12(15)11-7-8-13-16-11/h7-8H,3-6,9-10H2,1-2H3. The average molecular weight is 224 g/mol. The van der Waals surface area contributed by atoms with Crippen LogP contribution in [0.15, 0.2) is 16.8 Å². The molecule has 0 aliphatic rings. The molecule has 4 heteroatoms. The van der Waals surface area contributed by atoms with Crippen molar-refractivity contribution >= 4 is 5.91 Å². The predicted octanol–water partition coefficient (Wildman–Crippen LogP) is 2.72. The first-order valence-electron chi connectivity index (χ1n) is 5.99. The third-order valence-corrected chi connectivity index (χ3v) is 2.50. The highest BCUT2D eigenvalue weighted by Gasteiger charge is 2.17. The van der Waals surface area contributed by atoms with Crippen LogP contribution in [0.2, 0.25) is 0 Å². The molecule has 0 fully saturated rings. The van der Waals surface area contributed by atoms with E-state index in [0.29, 0.717) is 5.76 Å². The lowest BCUT2D eigenvalue weighted by molar-refractivity contribution is 0.0709. The third-order valence-electron chi connectivity index (χ3n) is 2.50. The maximum absolute atomic E-state index is 12.0. The van der Waals surface area contributed by atoms with Crippen LogP contribution < -0.4 is 0 Å². The molecule has 16 heavy (non-hydrogen) atoms. The van der Waals surface area contributed by atoms with Crippen LogP contribution >= 0.6 is 0 Å². The van der Waals surface area contributed by atoms with E-state index in [9.17, 15) is 4.79 Å². The molecular formula is C12H20N2O2. The molecule has 1 rings (SSSR count). The van der Waals surface area contributed by atoms with Crippen molar-refractivity contribution in [2.45, 2.75) is 39.5 Å². The molecule has 0 bridgehead atoms. The first kappa shape index (κ1) is 12.7. The Kier molecular flexibility index (Phi) is 5.61. The first-order valence-corrected chi connectivity index (χ1v) is 5.99. The van der Waals surface area contributed by atoms with Crippen molar-refractivity contribution in [1.29, 1.82) is 0 Å². The zero-order valence-corrected chi connectivity index (χ0v) is 10.1. The zero-order chi connectivity index (χ0) is 11.8. The highest BCUT2D eigenvalue weighted by atomic mass is 16.5. The Morgan fingerprint density at radius 3 is 2.38 bits per heavy atom. The molecular weight excluding hydrogens is 204 g/mol. The van der Waals surface area contributed by atoms with E-state index in [0.717, 1.165) is 38.8 Å². The van der Waals surface area contributed by atoms with Crippen LogP contribution in [0.1, 0.15) is 50.1 Å². The number of hydrogen-bond donors (Lipinski definition) is 0. The summed E-state index contributed by atoms with van der Waals surface area (Å²) >= 11 is 0. The molecule has 0 aromatic carbocycles. The van der Waals surface area contributed by atoms with Gasteiger partial charge in [0.25, 0.3) is 5.91 Å². The van der Waals surface area contributed by atoms with Crippen molar-refractivity contribution < 1.29 is 9.32 Å². The zero-order valence-electron chi connectivity index (χ0n) is 10.1. The van der Waals surface area contributed by atoms with Crippen LogP contribution in [0, 0.1) is 0 Å². The van der Waals surface area contributed by atoms with Gasteiger partial charge in [-0.3, -0.25) is 4.79 Å². The van der Waals surface area contributed by atoms with Gasteiger partial charge in [-0.1, -0.05) is 31.8 Å². The second-order valence-corrected chi connectivity index (χ2v) is 3.88. The van der Waals surface area contributed by atoms with E-state index in [1.54, 1.807) is 6.07 Å². The Balaban J connectivity index is 2.56. The maximum Gasteiger partial charge on any atom is 0.292 e. The Morgan fingerprint density at radius 1 is 1.31 bits per heavy atom. The number of unbranched alkanes of at least 4 members (excludes halogenated alkanes) is 2. The Morgan fingerprint density at radius 2 is 1.94 bits per heavy atom. The largest absolute Gasteiger partial charge is 0.351 e. The van der Waals surface area contributed by atoms with Gasteiger partial charge in [-0.05, 0) is 12.8 Å². The highest BCUT2D eigenvalue weighted by molar-refractivity contribution is 5.91. The lowest BCUT2D eigenvalue weighted by Gasteiger charge is -2.20. The van der Waals surface area contributed by atoms with Crippen molar-refractivity contribution in [3.63, 3.8) is 0 Å². The summed E-state index contributed by atoms with van der Waals surface area (Å²) in [5, 5.41) is 3.56. The van der Waals surface area contributed by atoms with Gasteiger partial charge in [-0.15, -0.1) is 0 Å². The Hall–Kier alpha value is -1.32. The van der Waals surface area contributed by atoms with Crippen LogP contribution in [0.5, 0.6) is 0 Å².